The van der Waals surface area contributed by atoms with Gasteiger partial charge in [-0.05, 0) is 47.0 Å². The molecular weight excluding hydrogens is 498 g/mol. The number of anilines is 1. The lowest BCUT2D eigenvalue weighted by Gasteiger charge is -2.42. The van der Waals surface area contributed by atoms with Crippen LogP contribution in [0, 0.1) is 0 Å². The number of nitrogens with zero attached hydrogens (tertiary/aromatic N) is 5. The number of hydrogen-bond donors (Lipinski definition) is 4. The number of ether oxygens (including phenoxy) is 3. The highest BCUT2D eigenvalue weighted by atomic mass is 16.6. The van der Waals surface area contributed by atoms with Gasteiger partial charge in [-0.15, -0.1) is 0 Å². The molecule has 210 valence electrons. The van der Waals surface area contributed by atoms with Crippen molar-refractivity contribution in [2.24, 2.45) is 0 Å². The monoisotopic (exact) mass is 535 g/mol. The first-order chi connectivity index (χ1) is 17.9. The molecule has 2 aromatic rings. The Morgan fingerprint density at radius 3 is 2.66 bits per heavy atom. The zero-order valence-electron chi connectivity index (χ0n) is 22.3. The molecule has 2 aromatic heterocycles. The second kappa shape index (κ2) is 11.4. The summed E-state index contributed by atoms with van der Waals surface area (Å²) >= 11 is 0. The molecule has 4 heterocycles. The van der Waals surface area contributed by atoms with Gasteiger partial charge >= 0.3 is 6.09 Å². The van der Waals surface area contributed by atoms with E-state index in [1.807, 2.05) is 4.57 Å². The molecule has 0 bridgehead atoms. The number of imidazole rings is 1. The quantitative estimate of drug-likeness (QED) is 0.411. The van der Waals surface area contributed by atoms with Crippen LogP contribution in [0.1, 0.15) is 53.2 Å². The fraction of sp³-hybridized carbons (Fsp3) is 0.708. The Morgan fingerprint density at radius 1 is 1.21 bits per heavy atom. The molecule has 4 N–H and O–H groups in total. The van der Waals surface area contributed by atoms with Crippen molar-refractivity contribution in [1.29, 1.82) is 0 Å². The molecule has 2 aliphatic rings. The first-order valence-corrected chi connectivity index (χ1v) is 12.8. The number of fused-ring (bicyclic) bond motifs is 1. The highest BCUT2D eigenvalue weighted by Gasteiger charge is 2.44. The number of carbonyl (C=O) groups excluding carboxylic acids is 2. The largest absolute Gasteiger partial charge is 0.444 e. The van der Waals surface area contributed by atoms with Gasteiger partial charge < -0.3 is 40.0 Å². The number of aromatic nitrogens is 4. The number of nitrogens with one attached hydrogen (secondary N) is 2. The van der Waals surface area contributed by atoms with Gasteiger partial charge in [0.25, 0.3) is 0 Å². The molecule has 2 fully saturated rings. The maximum Gasteiger partial charge on any atom is 0.410 e. The smallest absolute Gasteiger partial charge is 0.410 e. The Kier molecular flexibility index (Phi) is 8.35. The Morgan fingerprint density at radius 2 is 1.97 bits per heavy atom. The van der Waals surface area contributed by atoms with Gasteiger partial charge in [0.15, 0.2) is 23.2 Å². The molecule has 14 nitrogen and oxygen atoms in total. The van der Waals surface area contributed by atoms with E-state index in [0.717, 1.165) is 24.2 Å². The average Bonchev–Trinajstić information content (AvgIpc) is 3.30. The summed E-state index contributed by atoms with van der Waals surface area (Å²) in [5, 5.41) is 27.3. The van der Waals surface area contributed by atoms with Crippen LogP contribution in [0.15, 0.2) is 12.7 Å². The van der Waals surface area contributed by atoms with E-state index in [0.29, 0.717) is 23.6 Å². The van der Waals surface area contributed by atoms with Crippen LogP contribution in [0.5, 0.6) is 0 Å². The van der Waals surface area contributed by atoms with E-state index >= 15 is 0 Å². The van der Waals surface area contributed by atoms with Gasteiger partial charge in [0.1, 0.15) is 36.9 Å². The third-order valence-corrected chi connectivity index (χ3v) is 6.41. The van der Waals surface area contributed by atoms with Gasteiger partial charge in [-0.3, -0.25) is 9.36 Å². The van der Waals surface area contributed by atoms with E-state index in [4.69, 9.17) is 14.2 Å². The summed E-state index contributed by atoms with van der Waals surface area (Å²) in [7, 11) is 1.43. The van der Waals surface area contributed by atoms with E-state index in [1.165, 1.54) is 13.4 Å². The van der Waals surface area contributed by atoms with E-state index in [2.05, 4.69) is 25.6 Å². The van der Waals surface area contributed by atoms with Crippen LogP contribution in [0.25, 0.3) is 11.2 Å². The van der Waals surface area contributed by atoms with Crippen LogP contribution in [-0.4, -0.2) is 103 Å². The molecule has 0 spiro atoms. The van der Waals surface area contributed by atoms with Crippen molar-refractivity contribution in [1.82, 2.24) is 29.7 Å². The number of amides is 2. The molecule has 0 radical (unpaired) electrons. The van der Waals surface area contributed by atoms with Crippen molar-refractivity contribution < 1.29 is 34.0 Å². The predicted octanol–water partition coefficient (Wildman–Crippen LogP) is 0.756. The van der Waals surface area contributed by atoms with Crippen LogP contribution >= 0.6 is 0 Å². The highest BCUT2D eigenvalue weighted by molar-refractivity contribution is 5.83. The molecule has 6 atom stereocenters. The van der Waals surface area contributed by atoms with Crippen molar-refractivity contribution in [3.63, 3.8) is 0 Å². The first-order valence-electron chi connectivity index (χ1n) is 12.8. The third kappa shape index (κ3) is 6.31. The van der Waals surface area contributed by atoms with Crippen molar-refractivity contribution in [2.45, 2.75) is 89.4 Å². The standard InChI is InChI=1S/C24H37N7O7/c1-13-16(28-14(32)10-30(5)23(35)38-24(2,3)4)18(33)19(34)22(37-13)29-20-17-21(26-11-25-20)31(12-27-17)15-8-6-7-9-36-15/h11-13,15-16,18-19,22,33-34H,6-10H2,1-5H3,(H,28,32)(H,25,26,29)/t13-,15?,16-,18+,19-,22-/m0/s1. The lowest BCUT2D eigenvalue weighted by Crippen LogP contribution is -2.64. The highest BCUT2D eigenvalue weighted by Crippen LogP contribution is 2.29. The van der Waals surface area contributed by atoms with E-state index in [-0.39, 0.29) is 12.8 Å². The molecule has 38 heavy (non-hydrogen) atoms. The second-order valence-corrected chi connectivity index (χ2v) is 10.7. The van der Waals surface area contributed by atoms with Gasteiger partial charge in [0, 0.05) is 13.7 Å². The minimum absolute atomic E-state index is 0.159. The molecule has 1 unspecified atom stereocenters. The first kappa shape index (κ1) is 28.0. The van der Waals surface area contributed by atoms with Crippen LogP contribution in [-0.2, 0) is 19.0 Å². The van der Waals surface area contributed by atoms with Gasteiger partial charge in [-0.1, -0.05) is 0 Å². The summed E-state index contributed by atoms with van der Waals surface area (Å²) in [5.41, 5.74) is 0.347. The number of aliphatic hydroxyl groups is 2. The van der Waals surface area contributed by atoms with Gasteiger partial charge in [0.2, 0.25) is 5.91 Å². The number of carbonyl (C=O) groups is 2. The molecular formula is C24H37N7O7. The maximum absolute atomic E-state index is 12.6. The van der Waals surface area contributed by atoms with Crippen LogP contribution in [0.3, 0.4) is 0 Å². The maximum atomic E-state index is 12.6. The molecule has 0 aromatic carbocycles. The summed E-state index contributed by atoms with van der Waals surface area (Å²) in [6.07, 6.45) is 0.643. The zero-order chi connectivity index (χ0) is 27.6. The summed E-state index contributed by atoms with van der Waals surface area (Å²) in [6, 6.07) is -0.921. The Bertz CT molecular complexity index is 1130. The zero-order valence-corrected chi connectivity index (χ0v) is 22.3. The number of aliphatic hydroxyl groups excluding tert-OH is 2. The van der Waals surface area contributed by atoms with Gasteiger partial charge in [-0.2, -0.15) is 0 Å². The number of rotatable bonds is 6. The SMILES string of the molecule is C[C@@H]1O[C@H](Nc2ncnc3c2ncn3C2CCCCO2)[C@@H](O)[C@H](O)[C@H]1NC(=O)CN(C)C(=O)OC(C)(C)C. The average molecular weight is 536 g/mol. The van der Waals surface area contributed by atoms with Crippen molar-refractivity contribution in [2.75, 3.05) is 25.5 Å². The third-order valence-electron chi connectivity index (χ3n) is 6.41. The molecule has 14 heteroatoms. The molecule has 2 aliphatic heterocycles. The minimum atomic E-state index is -1.41. The Hall–Kier alpha value is -3.07. The Balaban J connectivity index is 1.39. The van der Waals surface area contributed by atoms with Crippen LogP contribution < -0.4 is 10.6 Å². The Labute approximate surface area is 220 Å². The number of hydrogen-bond acceptors (Lipinski definition) is 11. The van der Waals surface area contributed by atoms with Gasteiger partial charge in [-0.25, -0.2) is 19.7 Å². The van der Waals surface area contributed by atoms with E-state index < -0.39 is 48.2 Å². The normalized spacial score (nSPS) is 28.1. The molecule has 4 rings (SSSR count). The van der Waals surface area contributed by atoms with E-state index in [9.17, 15) is 19.8 Å². The fourth-order valence-electron chi connectivity index (χ4n) is 4.49. The van der Waals surface area contributed by atoms with Crippen molar-refractivity contribution >= 4 is 29.0 Å². The topological polar surface area (TPSA) is 173 Å². The van der Waals surface area contributed by atoms with Crippen LogP contribution in [0.2, 0.25) is 0 Å². The second-order valence-electron chi connectivity index (χ2n) is 10.7. The summed E-state index contributed by atoms with van der Waals surface area (Å²) in [4.78, 5) is 38.9. The molecule has 2 saturated heterocycles. The molecule has 0 saturated carbocycles. The van der Waals surface area contributed by atoms with Crippen molar-refractivity contribution in [3.8, 4) is 0 Å². The predicted molar refractivity (Wildman–Crippen MR) is 135 cm³/mol. The number of likely N-dealkylation sites (N-methyl/N-ethyl adjacent to an activating group) is 1. The lowest BCUT2D eigenvalue weighted by atomic mass is 9.96. The van der Waals surface area contributed by atoms with Gasteiger partial charge in [0.05, 0.1) is 18.5 Å². The lowest BCUT2D eigenvalue weighted by molar-refractivity contribution is -0.172. The van der Waals surface area contributed by atoms with E-state index in [1.54, 1.807) is 34.0 Å². The summed E-state index contributed by atoms with van der Waals surface area (Å²) in [6.45, 7) is 7.22. The van der Waals surface area contributed by atoms with Crippen molar-refractivity contribution in [3.05, 3.63) is 12.7 Å². The molecule has 0 aliphatic carbocycles. The fourth-order valence-corrected chi connectivity index (χ4v) is 4.49. The minimum Gasteiger partial charge on any atom is -0.444 e. The molecule has 2 amide bonds. The summed E-state index contributed by atoms with van der Waals surface area (Å²) in [5.74, 6) is -0.209. The van der Waals surface area contributed by atoms with Crippen LogP contribution in [0.4, 0.5) is 10.6 Å². The summed E-state index contributed by atoms with van der Waals surface area (Å²) < 4.78 is 18.9.